The Morgan fingerprint density at radius 2 is 2.00 bits per heavy atom. The van der Waals surface area contributed by atoms with Crippen LogP contribution in [0.3, 0.4) is 0 Å². The third-order valence-corrected chi connectivity index (χ3v) is 5.77. The number of aryl methyl sites for hydroxylation is 2. The molecule has 3 aromatic rings. The van der Waals surface area contributed by atoms with Gasteiger partial charge in [-0.3, -0.25) is 15.0 Å². The van der Waals surface area contributed by atoms with Crippen LogP contribution < -0.4 is 16.4 Å². The van der Waals surface area contributed by atoms with Gasteiger partial charge in [0.1, 0.15) is 5.76 Å². The van der Waals surface area contributed by atoms with E-state index in [1.807, 2.05) is 44.2 Å². The maximum atomic E-state index is 11.6. The second kappa shape index (κ2) is 9.23. The third-order valence-electron chi connectivity index (χ3n) is 5.77. The lowest BCUT2D eigenvalue weighted by Gasteiger charge is -2.26. The fourth-order valence-corrected chi connectivity index (χ4v) is 3.91. The average Bonchev–Trinajstić information content (AvgIpc) is 3.45. The summed E-state index contributed by atoms with van der Waals surface area (Å²) in [5.74, 6) is 0.913. The molecule has 1 saturated heterocycles. The number of benzene rings is 1. The molecule has 1 atom stereocenters. The molecule has 0 amide bonds. The Balaban J connectivity index is 1.59. The molecule has 1 aromatic carbocycles. The van der Waals surface area contributed by atoms with Gasteiger partial charge in [0.15, 0.2) is 0 Å². The fraction of sp³-hybridized carbons (Fsp3) is 0.364. The monoisotopic (exact) mass is 437 g/mol. The number of rotatable bonds is 8. The van der Waals surface area contributed by atoms with E-state index in [0.29, 0.717) is 12.2 Å². The Kier molecular flexibility index (Phi) is 6.22. The number of nitrogen functional groups attached to an aromatic ring is 1. The minimum Gasteiger partial charge on any atom is -0.468 e. The first-order chi connectivity index (χ1) is 15.4. The summed E-state index contributed by atoms with van der Waals surface area (Å²) in [7, 11) is 0. The largest absolute Gasteiger partial charge is 0.468 e. The lowest BCUT2D eigenvalue weighted by Crippen LogP contribution is -2.31. The highest BCUT2D eigenvalue weighted by Crippen LogP contribution is 2.32. The summed E-state index contributed by atoms with van der Waals surface area (Å²) in [4.78, 5) is 21.9. The zero-order valence-corrected chi connectivity index (χ0v) is 18.2. The SMILES string of the molecule is Cc1ccc(Nc2nc(NCC(c3ccco3)N3CCCC3)nc(N)c2[N+](=O)[O-])cc1C. The zero-order chi connectivity index (χ0) is 22.7. The van der Waals surface area contributed by atoms with Gasteiger partial charge < -0.3 is 20.8 Å². The minimum atomic E-state index is -0.571. The maximum absolute atomic E-state index is 11.6. The van der Waals surface area contributed by atoms with E-state index in [-0.39, 0.29) is 29.3 Å². The first kappa shape index (κ1) is 21.6. The van der Waals surface area contributed by atoms with Gasteiger partial charge in [0.25, 0.3) is 0 Å². The highest BCUT2D eigenvalue weighted by Gasteiger charge is 2.27. The Morgan fingerprint density at radius 3 is 2.66 bits per heavy atom. The van der Waals surface area contributed by atoms with Crippen molar-refractivity contribution < 1.29 is 9.34 Å². The van der Waals surface area contributed by atoms with E-state index in [4.69, 9.17) is 10.2 Å². The molecule has 10 nitrogen and oxygen atoms in total. The molecule has 3 heterocycles. The van der Waals surface area contributed by atoms with Crippen LogP contribution in [0.15, 0.2) is 41.0 Å². The molecule has 10 heteroatoms. The van der Waals surface area contributed by atoms with Gasteiger partial charge in [-0.2, -0.15) is 9.97 Å². The van der Waals surface area contributed by atoms with Crippen molar-refractivity contribution >= 4 is 29.0 Å². The van der Waals surface area contributed by atoms with Crippen LogP contribution in [-0.4, -0.2) is 39.4 Å². The van der Waals surface area contributed by atoms with Crippen LogP contribution >= 0.6 is 0 Å². The Bertz CT molecular complexity index is 1100. The summed E-state index contributed by atoms with van der Waals surface area (Å²) in [6.45, 7) is 6.42. The maximum Gasteiger partial charge on any atom is 0.353 e. The molecule has 2 aromatic heterocycles. The Labute approximate surface area is 186 Å². The number of nitrogens with two attached hydrogens (primary N) is 1. The van der Waals surface area contributed by atoms with Crippen LogP contribution in [0.2, 0.25) is 0 Å². The average molecular weight is 438 g/mol. The number of nitrogens with zero attached hydrogens (tertiary/aromatic N) is 4. The van der Waals surface area contributed by atoms with Crippen molar-refractivity contribution in [2.24, 2.45) is 0 Å². The fourth-order valence-electron chi connectivity index (χ4n) is 3.91. The van der Waals surface area contributed by atoms with Gasteiger partial charge in [-0.15, -0.1) is 0 Å². The normalized spacial score (nSPS) is 14.9. The number of hydrogen-bond donors (Lipinski definition) is 3. The zero-order valence-electron chi connectivity index (χ0n) is 18.2. The predicted molar refractivity (Wildman–Crippen MR) is 123 cm³/mol. The number of furan rings is 1. The molecule has 168 valence electrons. The highest BCUT2D eigenvalue weighted by atomic mass is 16.6. The van der Waals surface area contributed by atoms with E-state index < -0.39 is 4.92 Å². The molecule has 1 aliphatic rings. The van der Waals surface area contributed by atoms with E-state index in [2.05, 4.69) is 25.5 Å². The van der Waals surface area contributed by atoms with E-state index in [1.54, 1.807) is 6.26 Å². The lowest BCUT2D eigenvalue weighted by atomic mass is 10.1. The van der Waals surface area contributed by atoms with Gasteiger partial charge in [-0.1, -0.05) is 6.07 Å². The second-order valence-electron chi connectivity index (χ2n) is 7.97. The van der Waals surface area contributed by atoms with Crippen LogP contribution in [0.1, 0.15) is 35.8 Å². The lowest BCUT2D eigenvalue weighted by molar-refractivity contribution is -0.383. The smallest absolute Gasteiger partial charge is 0.353 e. The summed E-state index contributed by atoms with van der Waals surface area (Å²) in [6.07, 6.45) is 3.94. The van der Waals surface area contributed by atoms with Gasteiger partial charge in [0.05, 0.1) is 17.2 Å². The number of nitrogens with one attached hydrogen (secondary N) is 2. The predicted octanol–water partition coefficient (Wildman–Crippen LogP) is 4.17. The topological polar surface area (TPSA) is 135 Å². The van der Waals surface area contributed by atoms with E-state index in [1.165, 1.54) is 0 Å². The highest BCUT2D eigenvalue weighted by molar-refractivity contribution is 5.74. The summed E-state index contributed by atoms with van der Waals surface area (Å²) >= 11 is 0. The number of nitro groups is 1. The molecule has 0 aliphatic carbocycles. The number of likely N-dealkylation sites (tertiary alicyclic amines) is 1. The minimum absolute atomic E-state index is 0.00340. The van der Waals surface area contributed by atoms with Crippen molar-refractivity contribution in [3.63, 3.8) is 0 Å². The summed E-state index contributed by atoms with van der Waals surface area (Å²) in [5.41, 5.74) is 8.47. The van der Waals surface area contributed by atoms with Crippen molar-refractivity contribution in [2.75, 3.05) is 36.0 Å². The quantitative estimate of drug-likeness (QED) is 0.350. The molecule has 0 bridgehead atoms. The summed E-state index contributed by atoms with van der Waals surface area (Å²) < 4.78 is 5.65. The molecule has 0 spiro atoms. The number of aromatic nitrogens is 2. The van der Waals surface area contributed by atoms with E-state index in [9.17, 15) is 10.1 Å². The van der Waals surface area contributed by atoms with Crippen LogP contribution in [-0.2, 0) is 0 Å². The molecule has 0 radical (unpaired) electrons. The Hall–Kier alpha value is -3.66. The van der Waals surface area contributed by atoms with Crippen molar-refractivity contribution in [2.45, 2.75) is 32.7 Å². The van der Waals surface area contributed by atoms with Crippen molar-refractivity contribution in [3.05, 3.63) is 63.6 Å². The first-order valence-electron chi connectivity index (χ1n) is 10.6. The molecule has 32 heavy (non-hydrogen) atoms. The molecule has 1 unspecified atom stereocenters. The van der Waals surface area contributed by atoms with Gasteiger partial charge in [-0.05, 0) is 75.2 Å². The Morgan fingerprint density at radius 1 is 1.22 bits per heavy atom. The van der Waals surface area contributed by atoms with Crippen molar-refractivity contribution in [1.29, 1.82) is 0 Å². The van der Waals surface area contributed by atoms with E-state index >= 15 is 0 Å². The third kappa shape index (κ3) is 4.65. The molecular weight excluding hydrogens is 410 g/mol. The first-order valence-corrected chi connectivity index (χ1v) is 10.6. The number of anilines is 4. The van der Waals surface area contributed by atoms with Crippen molar-refractivity contribution in [1.82, 2.24) is 14.9 Å². The molecule has 4 rings (SSSR count). The summed E-state index contributed by atoms with van der Waals surface area (Å²) in [6, 6.07) is 9.51. The molecule has 1 fully saturated rings. The molecule has 4 N–H and O–H groups in total. The van der Waals surface area contributed by atoms with E-state index in [0.717, 1.165) is 42.8 Å². The van der Waals surface area contributed by atoms with Gasteiger partial charge >= 0.3 is 5.69 Å². The van der Waals surface area contributed by atoms with Crippen molar-refractivity contribution in [3.8, 4) is 0 Å². The van der Waals surface area contributed by atoms with Gasteiger partial charge in [0, 0.05) is 12.2 Å². The van der Waals surface area contributed by atoms with Gasteiger partial charge in [0.2, 0.25) is 17.6 Å². The summed E-state index contributed by atoms with van der Waals surface area (Å²) in [5, 5.41) is 17.9. The van der Waals surface area contributed by atoms with Crippen LogP contribution in [0, 0.1) is 24.0 Å². The van der Waals surface area contributed by atoms with Crippen LogP contribution in [0.25, 0.3) is 0 Å². The van der Waals surface area contributed by atoms with Gasteiger partial charge in [-0.25, -0.2) is 0 Å². The standard InChI is InChI=1S/C22H27N7O3/c1-14-7-8-16(12-15(14)2)25-21-19(29(30)31)20(23)26-22(27-21)24-13-17(18-6-5-11-32-18)28-9-3-4-10-28/h5-8,11-12,17H,3-4,9-10,13H2,1-2H3,(H4,23,24,25,26,27). The molecular formula is C22H27N7O3. The molecule has 0 saturated carbocycles. The van der Waals surface area contributed by atoms with Crippen LogP contribution in [0.4, 0.5) is 29.0 Å². The second-order valence-corrected chi connectivity index (χ2v) is 7.97. The molecule has 1 aliphatic heterocycles. The number of hydrogen-bond acceptors (Lipinski definition) is 9. The van der Waals surface area contributed by atoms with Crippen LogP contribution in [0.5, 0.6) is 0 Å².